The number of aromatic hydroxyl groups is 2. The molecule has 1 unspecified atom stereocenters. The predicted molar refractivity (Wildman–Crippen MR) is 91.4 cm³/mol. The summed E-state index contributed by atoms with van der Waals surface area (Å²) in [6.07, 6.45) is 3.12. The van der Waals surface area contributed by atoms with Crippen molar-refractivity contribution < 1.29 is 10.2 Å². The summed E-state index contributed by atoms with van der Waals surface area (Å²) in [6.45, 7) is 0. The summed E-state index contributed by atoms with van der Waals surface area (Å²) in [4.78, 5) is 0. The molecule has 2 nitrogen and oxygen atoms in total. The molecule has 0 aromatic heterocycles. The molecule has 0 aliphatic heterocycles. The number of fused-ring (bicyclic) bond motifs is 2. The zero-order valence-corrected chi connectivity index (χ0v) is 14.9. The fourth-order valence-electron chi connectivity index (χ4n) is 5.35. The van der Waals surface area contributed by atoms with E-state index in [9.17, 15) is 10.2 Å². The van der Waals surface area contributed by atoms with E-state index in [4.69, 9.17) is 0 Å². The van der Waals surface area contributed by atoms with Crippen molar-refractivity contribution in [3.05, 3.63) is 55.5 Å². The maximum absolute atomic E-state index is 10.6. The molecule has 1 saturated carbocycles. The first-order valence-corrected chi connectivity index (χ1v) is 9.15. The van der Waals surface area contributed by atoms with Gasteiger partial charge in [0.05, 0.1) is 0 Å². The van der Waals surface area contributed by atoms with Crippen LogP contribution in [-0.2, 0) is 18.3 Å². The Labute approximate surface area is 145 Å². The molecule has 3 aliphatic rings. The zero-order chi connectivity index (χ0) is 15.2. The SMILES string of the molecule is Oc1ccc(Br)c2c1C13c4c(O)ccc(Br)c4C[C@H]1C[C@H]3C2. The molecule has 0 bridgehead atoms. The minimum Gasteiger partial charge on any atom is -0.508 e. The molecule has 5 rings (SSSR count). The molecular weight excluding hydrogens is 408 g/mol. The van der Waals surface area contributed by atoms with Gasteiger partial charge in [-0.05, 0) is 66.5 Å². The van der Waals surface area contributed by atoms with Crippen LogP contribution in [-0.4, -0.2) is 10.2 Å². The summed E-state index contributed by atoms with van der Waals surface area (Å²) in [7, 11) is 0. The Morgan fingerprint density at radius 2 is 1.27 bits per heavy atom. The predicted octanol–water partition coefficient (Wildman–Crippen LogP) is 4.66. The maximum Gasteiger partial charge on any atom is 0.120 e. The van der Waals surface area contributed by atoms with Gasteiger partial charge in [0, 0.05) is 25.5 Å². The van der Waals surface area contributed by atoms with E-state index >= 15 is 0 Å². The molecule has 3 atom stereocenters. The van der Waals surface area contributed by atoms with Crippen LogP contribution in [0.4, 0.5) is 0 Å². The van der Waals surface area contributed by atoms with Gasteiger partial charge in [-0.1, -0.05) is 31.9 Å². The van der Waals surface area contributed by atoms with E-state index in [-0.39, 0.29) is 5.41 Å². The van der Waals surface area contributed by atoms with Gasteiger partial charge >= 0.3 is 0 Å². The van der Waals surface area contributed by atoms with E-state index in [1.54, 1.807) is 12.1 Å². The molecule has 112 valence electrons. The van der Waals surface area contributed by atoms with Gasteiger partial charge < -0.3 is 10.2 Å². The quantitative estimate of drug-likeness (QED) is 0.649. The van der Waals surface area contributed by atoms with Crippen molar-refractivity contribution in [2.24, 2.45) is 11.8 Å². The zero-order valence-electron chi connectivity index (χ0n) is 11.7. The van der Waals surface area contributed by atoms with Crippen LogP contribution in [0.25, 0.3) is 0 Å². The maximum atomic E-state index is 10.6. The summed E-state index contributed by atoms with van der Waals surface area (Å²) in [6, 6.07) is 7.42. The Kier molecular flexibility index (Phi) is 2.50. The summed E-state index contributed by atoms with van der Waals surface area (Å²) in [5.74, 6) is 1.72. The largest absolute Gasteiger partial charge is 0.508 e. The smallest absolute Gasteiger partial charge is 0.120 e. The molecular formula is C18H14Br2O2. The molecule has 1 fully saturated rings. The fraction of sp³-hybridized carbons (Fsp3) is 0.333. The number of phenols is 2. The molecule has 0 radical (unpaired) electrons. The molecule has 4 heteroatoms. The van der Waals surface area contributed by atoms with Crippen molar-refractivity contribution in [3.8, 4) is 11.5 Å². The van der Waals surface area contributed by atoms with Gasteiger partial charge in [-0.2, -0.15) is 0 Å². The third-order valence-electron chi connectivity index (χ3n) is 6.05. The standard InChI is InChI=1S/C18H14Br2O2/c19-12-1-3-14(21)16-10(12)6-8-5-9-7-11-13(20)2-4-15(22)17(11)18(8,9)16/h1-4,8-9,21-22H,5-7H2/t8-,9+,18?. The molecule has 2 N–H and O–H groups in total. The fourth-order valence-corrected chi connectivity index (χ4v) is 6.34. The number of rotatable bonds is 0. The van der Waals surface area contributed by atoms with Crippen LogP contribution in [0.3, 0.4) is 0 Å². The Morgan fingerprint density at radius 3 is 1.73 bits per heavy atom. The van der Waals surface area contributed by atoms with E-state index < -0.39 is 0 Å². The van der Waals surface area contributed by atoms with Gasteiger partial charge in [0.2, 0.25) is 0 Å². The van der Waals surface area contributed by atoms with Crippen molar-refractivity contribution in [2.75, 3.05) is 0 Å². The lowest BCUT2D eigenvalue weighted by Gasteiger charge is -2.50. The normalized spacial score (nSPS) is 30.3. The molecule has 0 heterocycles. The molecule has 22 heavy (non-hydrogen) atoms. The lowest BCUT2D eigenvalue weighted by Crippen LogP contribution is -2.48. The first-order chi connectivity index (χ1) is 10.5. The van der Waals surface area contributed by atoms with Gasteiger partial charge in [0.15, 0.2) is 0 Å². The average molecular weight is 422 g/mol. The van der Waals surface area contributed by atoms with Crippen molar-refractivity contribution in [2.45, 2.75) is 24.7 Å². The highest BCUT2D eigenvalue weighted by atomic mass is 79.9. The first-order valence-electron chi connectivity index (χ1n) is 7.56. The molecule has 0 amide bonds. The van der Waals surface area contributed by atoms with Gasteiger partial charge in [0.1, 0.15) is 11.5 Å². The average Bonchev–Trinajstić information content (AvgIpc) is 2.91. The van der Waals surface area contributed by atoms with Crippen LogP contribution in [0.1, 0.15) is 28.7 Å². The molecule has 1 spiro atoms. The van der Waals surface area contributed by atoms with Crippen molar-refractivity contribution in [1.29, 1.82) is 0 Å². The third-order valence-corrected chi connectivity index (χ3v) is 7.54. The Hall–Kier alpha value is -1.00. The first kappa shape index (κ1) is 13.4. The number of benzene rings is 2. The summed E-state index contributed by atoms with van der Waals surface area (Å²) in [5, 5.41) is 21.2. The summed E-state index contributed by atoms with van der Waals surface area (Å²) >= 11 is 7.30. The van der Waals surface area contributed by atoms with E-state index in [0.29, 0.717) is 23.3 Å². The highest BCUT2D eigenvalue weighted by Crippen LogP contribution is 2.71. The minimum atomic E-state index is -0.188. The van der Waals surface area contributed by atoms with E-state index in [1.165, 1.54) is 17.5 Å². The van der Waals surface area contributed by atoms with Crippen LogP contribution >= 0.6 is 31.9 Å². The third kappa shape index (κ3) is 1.29. The Balaban J connectivity index is 1.89. The number of halogens is 2. The monoisotopic (exact) mass is 420 g/mol. The van der Waals surface area contributed by atoms with E-state index in [1.807, 2.05) is 12.1 Å². The highest BCUT2D eigenvalue weighted by Gasteiger charge is 2.66. The van der Waals surface area contributed by atoms with Gasteiger partial charge in [-0.15, -0.1) is 0 Å². The molecule has 2 aromatic carbocycles. The van der Waals surface area contributed by atoms with Crippen LogP contribution in [0.15, 0.2) is 33.2 Å². The Morgan fingerprint density at radius 1 is 0.818 bits per heavy atom. The van der Waals surface area contributed by atoms with Crippen LogP contribution in [0.2, 0.25) is 0 Å². The van der Waals surface area contributed by atoms with Gasteiger partial charge in [-0.25, -0.2) is 0 Å². The topological polar surface area (TPSA) is 40.5 Å². The van der Waals surface area contributed by atoms with Crippen LogP contribution < -0.4 is 0 Å². The Bertz CT molecular complexity index is 774. The molecule has 2 aromatic rings. The number of hydrogen-bond donors (Lipinski definition) is 2. The van der Waals surface area contributed by atoms with E-state index in [2.05, 4.69) is 31.9 Å². The minimum absolute atomic E-state index is 0.188. The second-order valence-electron chi connectivity index (χ2n) is 6.75. The number of phenolic OH excluding ortho intramolecular Hbond substituents is 2. The van der Waals surface area contributed by atoms with Gasteiger partial charge in [-0.3, -0.25) is 0 Å². The molecule has 3 aliphatic carbocycles. The van der Waals surface area contributed by atoms with Crippen molar-refractivity contribution in [1.82, 2.24) is 0 Å². The summed E-state index contributed by atoms with van der Waals surface area (Å²) < 4.78 is 2.15. The lowest BCUT2D eigenvalue weighted by molar-refractivity contribution is 0.0938. The highest BCUT2D eigenvalue weighted by molar-refractivity contribution is 9.10. The van der Waals surface area contributed by atoms with Crippen molar-refractivity contribution in [3.63, 3.8) is 0 Å². The second-order valence-corrected chi connectivity index (χ2v) is 8.46. The van der Waals surface area contributed by atoms with Crippen molar-refractivity contribution >= 4 is 31.9 Å². The van der Waals surface area contributed by atoms with Gasteiger partial charge in [0.25, 0.3) is 0 Å². The second kappa shape index (κ2) is 4.09. The lowest BCUT2D eigenvalue weighted by atomic mass is 9.52. The summed E-state index contributed by atoms with van der Waals surface area (Å²) in [5.41, 5.74) is 4.36. The van der Waals surface area contributed by atoms with E-state index in [0.717, 1.165) is 32.9 Å². The number of hydrogen-bond acceptors (Lipinski definition) is 2. The van der Waals surface area contributed by atoms with Crippen LogP contribution in [0, 0.1) is 11.8 Å². The molecule has 0 saturated heterocycles. The van der Waals surface area contributed by atoms with Crippen LogP contribution in [0.5, 0.6) is 11.5 Å².